The van der Waals surface area contributed by atoms with Crippen molar-refractivity contribution in [2.75, 3.05) is 44.7 Å². The Hall–Kier alpha value is -2.61. The molecular formula is C20H24N4O3S. The zero-order valence-corrected chi connectivity index (χ0v) is 16.7. The maximum atomic E-state index is 13.1. The number of nitrogens with zero attached hydrogens (tertiary/aromatic N) is 4. The molecule has 2 aliphatic heterocycles. The number of piperazine rings is 1. The highest BCUT2D eigenvalue weighted by atomic mass is 32.1. The second-order valence-corrected chi connectivity index (χ2v) is 7.89. The van der Waals surface area contributed by atoms with Gasteiger partial charge in [0, 0.05) is 49.9 Å². The van der Waals surface area contributed by atoms with Crippen molar-refractivity contribution in [3.05, 3.63) is 41.4 Å². The molecule has 2 saturated heterocycles. The van der Waals surface area contributed by atoms with Crippen molar-refractivity contribution in [2.45, 2.75) is 18.9 Å². The topological polar surface area (TPSA) is 66.0 Å². The van der Waals surface area contributed by atoms with Crippen LogP contribution in [0.2, 0.25) is 0 Å². The number of hydrogen-bond acceptors (Lipinski definition) is 6. The molecule has 0 aliphatic carbocycles. The van der Waals surface area contributed by atoms with Gasteiger partial charge in [0.2, 0.25) is 5.91 Å². The van der Waals surface area contributed by atoms with Crippen molar-refractivity contribution in [1.29, 1.82) is 0 Å². The summed E-state index contributed by atoms with van der Waals surface area (Å²) in [6.07, 6.45) is 3.65. The number of rotatable bonds is 4. The fourth-order valence-corrected chi connectivity index (χ4v) is 4.61. The second-order valence-electron chi connectivity index (χ2n) is 7.02. The smallest absolute Gasteiger partial charge is 0.254 e. The summed E-state index contributed by atoms with van der Waals surface area (Å²) in [4.78, 5) is 36.0. The van der Waals surface area contributed by atoms with Crippen molar-refractivity contribution < 1.29 is 14.3 Å². The minimum Gasteiger partial charge on any atom is -0.497 e. The summed E-state index contributed by atoms with van der Waals surface area (Å²) in [5.74, 6) is 0.806. The Morgan fingerprint density at radius 3 is 2.64 bits per heavy atom. The summed E-state index contributed by atoms with van der Waals surface area (Å²) < 4.78 is 5.21. The van der Waals surface area contributed by atoms with Gasteiger partial charge in [0.25, 0.3) is 5.91 Å². The van der Waals surface area contributed by atoms with E-state index < -0.39 is 0 Å². The number of amides is 2. The SMILES string of the molecule is COc1cccc(C(=O)N2CCN(C(=O)C3CCCN3c3nccs3)CC2)c1. The van der Waals surface area contributed by atoms with E-state index in [1.165, 1.54) is 0 Å². The van der Waals surface area contributed by atoms with Crippen LogP contribution in [0.5, 0.6) is 5.75 Å². The zero-order chi connectivity index (χ0) is 19.5. The Kier molecular flexibility index (Phi) is 5.47. The Bertz CT molecular complexity index is 834. The maximum Gasteiger partial charge on any atom is 0.254 e. The van der Waals surface area contributed by atoms with E-state index in [1.54, 1.807) is 36.8 Å². The van der Waals surface area contributed by atoms with Crippen molar-refractivity contribution in [3.63, 3.8) is 0 Å². The minimum absolute atomic E-state index is 0.0173. The fourth-order valence-electron chi connectivity index (χ4n) is 3.89. The first-order chi connectivity index (χ1) is 13.7. The van der Waals surface area contributed by atoms with Crippen LogP contribution in [0.15, 0.2) is 35.8 Å². The van der Waals surface area contributed by atoms with Crippen LogP contribution in [0.1, 0.15) is 23.2 Å². The number of aromatic nitrogens is 1. The molecule has 1 atom stereocenters. The van der Waals surface area contributed by atoms with E-state index in [0.29, 0.717) is 37.5 Å². The van der Waals surface area contributed by atoms with Gasteiger partial charge in [0.1, 0.15) is 11.8 Å². The van der Waals surface area contributed by atoms with E-state index >= 15 is 0 Å². The van der Waals surface area contributed by atoms with Crippen LogP contribution in [0.3, 0.4) is 0 Å². The average molecular weight is 401 g/mol. The molecule has 1 aromatic heterocycles. The molecule has 2 aliphatic rings. The third-order valence-electron chi connectivity index (χ3n) is 5.40. The molecule has 7 nitrogen and oxygen atoms in total. The molecule has 1 unspecified atom stereocenters. The predicted molar refractivity (Wildman–Crippen MR) is 108 cm³/mol. The first kappa shape index (κ1) is 18.7. The Balaban J connectivity index is 1.37. The van der Waals surface area contributed by atoms with Gasteiger partial charge in [-0.05, 0) is 31.0 Å². The molecule has 0 saturated carbocycles. The van der Waals surface area contributed by atoms with Crippen LogP contribution in [0, 0.1) is 0 Å². The van der Waals surface area contributed by atoms with E-state index in [2.05, 4.69) is 9.88 Å². The lowest BCUT2D eigenvalue weighted by atomic mass is 10.1. The molecule has 2 amide bonds. The lowest BCUT2D eigenvalue weighted by Gasteiger charge is -2.37. The summed E-state index contributed by atoms with van der Waals surface area (Å²) in [5.41, 5.74) is 0.616. The van der Waals surface area contributed by atoms with Gasteiger partial charge < -0.3 is 19.4 Å². The number of thiazole rings is 1. The molecule has 0 bridgehead atoms. The summed E-state index contributed by atoms with van der Waals surface area (Å²) in [5, 5.41) is 2.86. The number of methoxy groups -OCH3 is 1. The molecule has 0 N–H and O–H groups in total. The lowest BCUT2D eigenvalue weighted by molar-refractivity contribution is -0.133. The number of anilines is 1. The van der Waals surface area contributed by atoms with Gasteiger partial charge in [-0.25, -0.2) is 4.98 Å². The molecule has 4 rings (SSSR count). The third-order valence-corrected chi connectivity index (χ3v) is 6.21. The molecule has 1 aromatic carbocycles. The lowest BCUT2D eigenvalue weighted by Crippen LogP contribution is -2.54. The zero-order valence-electron chi connectivity index (χ0n) is 15.9. The monoisotopic (exact) mass is 400 g/mol. The summed E-state index contributed by atoms with van der Waals surface area (Å²) in [6, 6.07) is 7.06. The maximum absolute atomic E-state index is 13.1. The van der Waals surface area contributed by atoms with Crippen molar-refractivity contribution in [3.8, 4) is 5.75 Å². The Morgan fingerprint density at radius 1 is 1.14 bits per heavy atom. The molecule has 28 heavy (non-hydrogen) atoms. The highest BCUT2D eigenvalue weighted by Gasteiger charge is 2.36. The first-order valence-electron chi connectivity index (χ1n) is 9.55. The largest absolute Gasteiger partial charge is 0.497 e. The predicted octanol–water partition coefficient (Wildman–Crippen LogP) is 2.11. The Labute approximate surface area is 168 Å². The van der Waals surface area contributed by atoms with Crippen molar-refractivity contribution in [2.24, 2.45) is 0 Å². The van der Waals surface area contributed by atoms with Crippen molar-refractivity contribution in [1.82, 2.24) is 14.8 Å². The van der Waals surface area contributed by atoms with E-state index in [4.69, 9.17) is 4.74 Å². The highest BCUT2D eigenvalue weighted by molar-refractivity contribution is 7.13. The van der Waals surface area contributed by atoms with E-state index in [-0.39, 0.29) is 17.9 Å². The molecule has 0 spiro atoms. The summed E-state index contributed by atoms with van der Waals surface area (Å²) >= 11 is 1.57. The average Bonchev–Trinajstić information content (AvgIpc) is 3.44. The van der Waals surface area contributed by atoms with Gasteiger partial charge in [-0.1, -0.05) is 6.07 Å². The quantitative estimate of drug-likeness (QED) is 0.786. The molecule has 2 aromatic rings. The second kappa shape index (κ2) is 8.18. The molecule has 8 heteroatoms. The summed E-state index contributed by atoms with van der Waals surface area (Å²) in [6.45, 7) is 3.10. The number of benzene rings is 1. The first-order valence-corrected chi connectivity index (χ1v) is 10.4. The molecule has 148 valence electrons. The van der Waals surface area contributed by atoms with Gasteiger partial charge >= 0.3 is 0 Å². The normalized spacial score (nSPS) is 19.8. The minimum atomic E-state index is -0.133. The van der Waals surface area contributed by atoms with E-state index in [1.807, 2.05) is 27.3 Å². The number of ether oxygens (including phenoxy) is 1. The van der Waals surface area contributed by atoms with Crippen LogP contribution in [0.4, 0.5) is 5.13 Å². The van der Waals surface area contributed by atoms with E-state index in [0.717, 1.165) is 24.5 Å². The van der Waals surface area contributed by atoms with Gasteiger partial charge in [0.05, 0.1) is 7.11 Å². The van der Waals surface area contributed by atoms with Crippen LogP contribution in [0.25, 0.3) is 0 Å². The molecule has 0 radical (unpaired) electrons. The molecule has 2 fully saturated rings. The van der Waals surface area contributed by atoms with Crippen LogP contribution in [-0.4, -0.2) is 72.5 Å². The van der Waals surface area contributed by atoms with Crippen LogP contribution >= 0.6 is 11.3 Å². The Morgan fingerprint density at radius 2 is 1.93 bits per heavy atom. The standard InChI is InChI=1S/C20H24N4O3S/c1-27-16-5-2-4-15(14-16)18(25)22-9-11-23(12-10-22)19(26)17-6-3-8-24(17)20-21-7-13-28-20/h2,4-5,7,13-14,17H,3,6,8-12H2,1H3. The molecule has 3 heterocycles. The highest BCUT2D eigenvalue weighted by Crippen LogP contribution is 2.28. The number of hydrogen-bond donors (Lipinski definition) is 0. The van der Waals surface area contributed by atoms with Gasteiger partial charge in [-0.2, -0.15) is 0 Å². The van der Waals surface area contributed by atoms with E-state index in [9.17, 15) is 9.59 Å². The number of carbonyl (C=O) groups excluding carboxylic acids is 2. The van der Waals surface area contributed by atoms with Gasteiger partial charge in [-0.3, -0.25) is 9.59 Å². The third kappa shape index (κ3) is 3.69. The van der Waals surface area contributed by atoms with Gasteiger partial charge in [-0.15, -0.1) is 11.3 Å². The number of carbonyl (C=O) groups is 2. The molecular weight excluding hydrogens is 376 g/mol. The summed E-state index contributed by atoms with van der Waals surface area (Å²) in [7, 11) is 1.59. The van der Waals surface area contributed by atoms with Crippen molar-refractivity contribution >= 4 is 28.3 Å². The fraction of sp³-hybridized carbons (Fsp3) is 0.450. The van der Waals surface area contributed by atoms with Gasteiger partial charge in [0.15, 0.2) is 5.13 Å². The van der Waals surface area contributed by atoms with Crippen LogP contribution < -0.4 is 9.64 Å². The van der Waals surface area contributed by atoms with Crippen LogP contribution in [-0.2, 0) is 4.79 Å².